The fourth-order valence-corrected chi connectivity index (χ4v) is 2.04. The van der Waals surface area contributed by atoms with E-state index in [1.54, 1.807) is 0 Å². The Morgan fingerprint density at radius 3 is 2.60 bits per heavy atom. The molecule has 0 saturated heterocycles. The molecule has 0 amide bonds. The maximum absolute atomic E-state index is 11.9. The highest BCUT2D eigenvalue weighted by molar-refractivity contribution is 6.04. The molecule has 1 aromatic carbocycles. The van der Waals surface area contributed by atoms with Crippen molar-refractivity contribution in [3.05, 3.63) is 41.0 Å². The third-order valence-electron chi connectivity index (χ3n) is 2.78. The first-order valence-electron chi connectivity index (χ1n) is 5.33. The number of Topliss-reactive ketones (excluding diaryl/α,β-unsaturated/α-hetero) is 1. The van der Waals surface area contributed by atoms with E-state index in [1.165, 1.54) is 0 Å². The van der Waals surface area contributed by atoms with Crippen LogP contribution in [0, 0.1) is 0 Å². The van der Waals surface area contributed by atoms with E-state index in [9.17, 15) is 4.79 Å². The Morgan fingerprint density at radius 2 is 1.93 bits per heavy atom. The minimum absolute atomic E-state index is 0.0339. The van der Waals surface area contributed by atoms with Crippen molar-refractivity contribution < 1.29 is 4.79 Å². The minimum atomic E-state index is 0.0339. The van der Waals surface area contributed by atoms with E-state index in [4.69, 9.17) is 0 Å². The smallest absolute Gasteiger partial charge is 0.167 e. The van der Waals surface area contributed by atoms with E-state index >= 15 is 0 Å². The highest BCUT2D eigenvalue weighted by Crippen LogP contribution is 2.31. The second-order valence-corrected chi connectivity index (χ2v) is 5.05. The van der Waals surface area contributed by atoms with Gasteiger partial charge in [-0.25, -0.2) is 0 Å². The van der Waals surface area contributed by atoms with Gasteiger partial charge in [0.1, 0.15) is 0 Å². The van der Waals surface area contributed by atoms with Crippen molar-refractivity contribution in [2.75, 3.05) is 0 Å². The van der Waals surface area contributed by atoms with E-state index in [1.807, 2.05) is 24.3 Å². The number of allylic oxidation sites excluding steroid dienone is 1. The molecule has 0 spiro atoms. The zero-order valence-electron chi connectivity index (χ0n) is 9.50. The molecule has 0 fully saturated rings. The summed E-state index contributed by atoms with van der Waals surface area (Å²) in [4.78, 5) is 11.9. The standard InChI is InChI=1S/C14H16O/c1-14(2,3)11-8-4-6-10-7-5-9-12(15)13(10)11/h4-8H,9H2,1-3H3. The lowest BCUT2D eigenvalue weighted by Crippen LogP contribution is -2.19. The van der Waals surface area contributed by atoms with E-state index in [2.05, 4.69) is 26.8 Å². The molecule has 0 aliphatic heterocycles. The highest BCUT2D eigenvalue weighted by Gasteiger charge is 2.24. The molecule has 0 atom stereocenters. The lowest BCUT2D eigenvalue weighted by Gasteiger charge is -2.24. The van der Waals surface area contributed by atoms with Crippen molar-refractivity contribution in [2.24, 2.45) is 0 Å². The van der Waals surface area contributed by atoms with Gasteiger partial charge in [0.15, 0.2) is 5.78 Å². The molecule has 1 heteroatoms. The minimum Gasteiger partial charge on any atom is -0.294 e. The van der Waals surface area contributed by atoms with Gasteiger partial charge in [0, 0.05) is 12.0 Å². The van der Waals surface area contributed by atoms with E-state index in [0.717, 1.165) is 16.7 Å². The van der Waals surface area contributed by atoms with Gasteiger partial charge >= 0.3 is 0 Å². The normalized spacial score (nSPS) is 15.3. The number of rotatable bonds is 0. The molecule has 78 valence electrons. The first kappa shape index (κ1) is 10.2. The van der Waals surface area contributed by atoms with Crippen molar-refractivity contribution in [1.29, 1.82) is 0 Å². The molecule has 0 N–H and O–H groups in total. The van der Waals surface area contributed by atoms with E-state index in [0.29, 0.717) is 6.42 Å². The quantitative estimate of drug-likeness (QED) is 0.625. The van der Waals surface area contributed by atoms with Gasteiger partial charge in [-0.1, -0.05) is 51.1 Å². The summed E-state index contributed by atoms with van der Waals surface area (Å²) in [5.74, 6) is 0.248. The Kier molecular flexibility index (Phi) is 2.26. The van der Waals surface area contributed by atoms with Crippen LogP contribution >= 0.6 is 0 Å². The van der Waals surface area contributed by atoms with E-state index in [-0.39, 0.29) is 11.2 Å². The molecule has 0 bridgehead atoms. The molecule has 0 aromatic heterocycles. The molecule has 0 unspecified atom stereocenters. The molecule has 1 aliphatic carbocycles. The van der Waals surface area contributed by atoms with Crippen LogP contribution in [0.1, 0.15) is 48.7 Å². The maximum Gasteiger partial charge on any atom is 0.167 e. The number of benzene rings is 1. The Balaban J connectivity index is 2.68. The first-order chi connectivity index (χ1) is 7.00. The van der Waals surface area contributed by atoms with Gasteiger partial charge in [-0.05, 0) is 16.5 Å². The lowest BCUT2D eigenvalue weighted by molar-refractivity contribution is 0.0992. The summed E-state index contributed by atoms with van der Waals surface area (Å²) < 4.78 is 0. The predicted octanol–water partition coefficient (Wildman–Crippen LogP) is 3.58. The summed E-state index contributed by atoms with van der Waals surface area (Å²) in [6, 6.07) is 6.11. The van der Waals surface area contributed by atoms with Crippen LogP contribution in [0.3, 0.4) is 0 Å². The summed E-state index contributed by atoms with van der Waals surface area (Å²) in [6.07, 6.45) is 4.53. The number of fused-ring (bicyclic) bond motifs is 1. The lowest BCUT2D eigenvalue weighted by atomic mass is 9.79. The van der Waals surface area contributed by atoms with Crippen LogP contribution in [-0.2, 0) is 5.41 Å². The zero-order chi connectivity index (χ0) is 11.1. The van der Waals surface area contributed by atoms with Gasteiger partial charge < -0.3 is 0 Å². The molecular formula is C14H16O. The molecule has 1 aromatic rings. The monoisotopic (exact) mass is 200 g/mol. The summed E-state index contributed by atoms with van der Waals surface area (Å²) >= 11 is 0. The van der Waals surface area contributed by atoms with Crippen LogP contribution in [0.25, 0.3) is 6.08 Å². The summed E-state index contributed by atoms with van der Waals surface area (Å²) in [5.41, 5.74) is 3.19. The SMILES string of the molecule is CC(C)(C)c1cccc2c1C(=O)CC=C2. The summed E-state index contributed by atoms with van der Waals surface area (Å²) in [5, 5.41) is 0. The van der Waals surface area contributed by atoms with Crippen molar-refractivity contribution in [2.45, 2.75) is 32.6 Å². The zero-order valence-corrected chi connectivity index (χ0v) is 9.50. The highest BCUT2D eigenvalue weighted by atomic mass is 16.1. The molecule has 0 heterocycles. The van der Waals surface area contributed by atoms with Gasteiger partial charge in [-0.3, -0.25) is 4.79 Å². The first-order valence-corrected chi connectivity index (χ1v) is 5.33. The van der Waals surface area contributed by atoms with E-state index < -0.39 is 0 Å². The number of carbonyl (C=O) groups excluding carboxylic acids is 1. The topological polar surface area (TPSA) is 17.1 Å². The average molecular weight is 200 g/mol. The van der Waals surface area contributed by atoms with Crippen LogP contribution in [-0.4, -0.2) is 5.78 Å². The fraction of sp³-hybridized carbons (Fsp3) is 0.357. The number of hydrogen-bond acceptors (Lipinski definition) is 1. The van der Waals surface area contributed by atoms with Crippen LogP contribution in [0.5, 0.6) is 0 Å². The molecule has 0 radical (unpaired) electrons. The van der Waals surface area contributed by atoms with Gasteiger partial charge in [0.05, 0.1) is 0 Å². The molecule has 1 nitrogen and oxygen atoms in total. The Bertz CT molecular complexity index is 433. The number of ketones is 1. The van der Waals surface area contributed by atoms with Crippen molar-refractivity contribution in [3.8, 4) is 0 Å². The number of carbonyl (C=O) groups is 1. The van der Waals surface area contributed by atoms with Crippen molar-refractivity contribution in [3.63, 3.8) is 0 Å². The molecule has 0 saturated carbocycles. The predicted molar refractivity (Wildman–Crippen MR) is 63.1 cm³/mol. The van der Waals surface area contributed by atoms with Crippen LogP contribution in [0.2, 0.25) is 0 Å². The second kappa shape index (κ2) is 3.34. The summed E-state index contributed by atoms with van der Waals surface area (Å²) in [7, 11) is 0. The third-order valence-corrected chi connectivity index (χ3v) is 2.78. The van der Waals surface area contributed by atoms with Gasteiger partial charge in [-0.2, -0.15) is 0 Å². The Labute approximate surface area is 90.8 Å². The molecule has 2 rings (SSSR count). The molecule has 15 heavy (non-hydrogen) atoms. The van der Waals surface area contributed by atoms with Gasteiger partial charge in [0.2, 0.25) is 0 Å². The Morgan fingerprint density at radius 1 is 1.20 bits per heavy atom. The van der Waals surface area contributed by atoms with Crippen molar-refractivity contribution in [1.82, 2.24) is 0 Å². The molecular weight excluding hydrogens is 184 g/mol. The second-order valence-electron chi connectivity index (χ2n) is 5.05. The number of hydrogen-bond donors (Lipinski definition) is 0. The average Bonchev–Trinajstić information content (AvgIpc) is 2.16. The molecule has 1 aliphatic rings. The summed E-state index contributed by atoms with van der Waals surface area (Å²) in [6.45, 7) is 6.44. The fourth-order valence-electron chi connectivity index (χ4n) is 2.04. The van der Waals surface area contributed by atoms with Crippen LogP contribution < -0.4 is 0 Å². The van der Waals surface area contributed by atoms with Crippen molar-refractivity contribution >= 4 is 11.9 Å². The van der Waals surface area contributed by atoms with Crippen LogP contribution in [0.15, 0.2) is 24.3 Å². The van der Waals surface area contributed by atoms with Gasteiger partial charge in [-0.15, -0.1) is 0 Å². The largest absolute Gasteiger partial charge is 0.294 e. The maximum atomic E-state index is 11.9. The van der Waals surface area contributed by atoms with Gasteiger partial charge in [0.25, 0.3) is 0 Å². The van der Waals surface area contributed by atoms with Crippen LogP contribution in [0.4, 0.5) is 0 Å². The third kappa shape index (κ3) is 1.74. The Hall–Kier alpha value is -1.37.